The summed E-state index contributed by atoms with van der Waals surface area (Å²) < 4.78 is 0. The van der Waals surface area contributed by atoms with E-state index < -0.39 is 0 Å². The lowest BCUT2D eigenvalue weighted by Crippen LogP contribution is -2.47. The molecule has 0 radical (unpaired) electrons. The van der Waals surface area contributed by atoms with Crippen molar-refractivity contribution >= 4 is 0 Å². The van der Waals surface area contributed by atoms with Crippen LogP contribution in [-0.4, -0.2) is 17.3 Å². The van der Waals surface area contributed by atoms with Crippen molar-refractivity contribution in [1.29, 1.82) is 0 Å². The van der Waals surface area contributed by atoms with Gasteiger partial charge in [0, 0.05) is 0 Å². The summed E-state index contributed by atoms with van der Waals surface area (Å²) in [4.78, 5) is 12.0. The molecule has 1 aliphatic rings. The molecule has 0 aromatic heterocycles. The first-order chi connectivity index (χ1) is 14.6. The molecule has 6 atom stereocenters. The van der Waals surface area contributed by atoms with Gasteiger partial charge in [-0.2, -0.15) is 4.91 Å². The quantitative estimate of drug-likeness (QED) is 0.381. The molecule has 0 spiro atoms. The topological polar surface area (TPSA) is 49.7 Å². The van der Waals surface area contributed by atoms with Crippen molar-refractivity contribution in [2.75, 3.05) is 0 Å². The van der Waals surface area contributed by atoms with Crippen molar-refractivity contribution in [3.63, 3.8) is 0 Å². The zero-order valence-corrected chi connectivity index (χ0v) is 24.7. The van der Waals surface area contributed by atoms with Crippen LogP contribution in [0.4, 0.5) is 0 Å². The predicted octanol–water partition coefficient (Wildman–Crippen LogP) is 8.98. The van der Waals surface area contributed by atoms with Gasteiger partial charge in [-0.1, -0.05) is 102 Å². The Morgan fingerprint density at radius 3 is 1.52 bits per heavy atom. The van der Waals surface area contributed by atoms with Crippen LogP contribution in [0.25, 0.3) is 0 Å². The summed E-state index contributed by atoms with van der Waals surface area (Å²) in [5.41, 5.74) is 0.312. The summed E-state index contributed by atoms with van der Waals surface area (Å²) in [5.74, 6) is 2.34. The first kappa shape index (κ1) is 30.6. The van der Waals surface area contributed by atoms with Gasteiger partial charge in [0.15, 0.2) is 0 Å². The maximum atomic E-state index is 12.0. The van der Waals surface area contributed by atoms with Gasteiger partial charge in [0.05, 0.1) is 12.1 Å². The molecule has 1 fully saturated rings. The number of nitrogens with zero attached hydrogens (tertiary/aromatic N) is 1. The molecule has 0 saturated heterocycles. The van der Waals surface area contributed by atoms with E-state index in [0.29, 0.717) is 23.7 Å². The monoisotopic (exact) mass is 465 g/mol. The van der Waals surface area contributed by atoms with Gasteiger partial charge in [-0.05, 0) is 82.9 Å². The third kappa shape index (κ3) is 8.32. The minimum Gasteiger partial charge on any atom is -0.393 e. The van der Waals surface area contributed by atoms with Crippen LogP contribution in [0.1, 0.15) is 123 Å². The van der Waals surface area contributed by atoms with E-state index >= 15 is 0 Å². The Morgan fingerprint density at radius 1 is 0.788 bits per heavy atom. The fourth-order valence-electron chi connectivity index (χ4n) is 6.41. The zero-order valence-electron chi connectivity index (χ0n) is 24.7. The Labute approximate surface area is 207 Å². The van der Waals surface area contributed by atoms with E-state index in [1.165, 1.54) is 6.42 Å². The number of hydrogen-bond donors (Lipinski definition) is 1. The molecule has 1 N–H and O–H groups in total. The fourth-order valence-corrected chi connectivity index (χ4v) is 6.41. The number of aliphatic hydroxyl groups is 1. The van der Waals surface area contributed by atoms with E-state index in [1.54, 1.807) is 0 Å². The molecular weight excluding hydrogens is 406 g/mol. The van der Waals surface area contributed by atoms with Gasteiger partial charge in [0.2, 0.25) is 0 Å². The maximum Gasteiger partial charge on any atom is 0.0985 e. The highest BCUT2D eigenvalue weighted by molar-refractivity contribution is 4.99. The molecule has 196 valence electrons. The van der Waals surface area contributed by atoms with E-state index in [0.717, 1.165) is 19.3 Å². The van der Waals surface area contributed by atoms with Crippen LogP contribution in [-0.2, 0) is 0 Å². The van der Waals surface area contributed by atoms with Crippen LogP contribution in [0.2, 0.25) is 0 Å². The summed E-state index contributed by atoms with van der Waals surface area (Å²) >= 11 is 0. The summed E-state index contributed by atoms with van der Waals surface area (Å²) in [6.45, 7) is 31.8. The van der Waals surface area contributed by atoms with Crippen molar-refractivity contribution in [3.8, 4) is 0 Å². The first-order valence-electron chi connectivity index (χ1n) is 13.6. The predicted molar refractivity (Wildman–Crippen MR) is 144 cm³/mol. The average Bonchev–Trinajstić information content (AvgIpc) is 2.61. The van der Waals surface area contributed by atoms with Crippen molar-refractivity contribution in [2.45, 2.75) is 135 Å². The molecule has 0 bridgehead atoms. The summed E-state index contributed by atoms with van der Waals surface area (Å²) in [5, 5.41) is 15.1. The average molecular weight is 466 g/mol. The minimum atomic E-state index is -0.299. The second kappa shape index (κ2) is 10.7. The number of nitroso groups, excluding NO2 is 1. The standard InChI is InChI=1S/C30H59NO2/c1-19(16-24(30(12,13)14)26(32)20(2)27(3,4)5)15-21-17-22(28(6,7)8)25(31-33)23(18-21)29(9,10)11/h19-26,32H,15-18H2,1-14H3. The molecule has 0 amide bonds. The molecule has 1 rings (SSSR count). The summed E-state index contributed by atoms with van der Waals surface area (Å²) in [7, 11) is 0. The smallest absolute Gasteiger partial charge is 0.0985 e. The Bertz CT molecular complexity index is 589. The lowest BCUT2D eigenvalue weighted by Gasteiger charge is -2.49. The second-order valence-electron chi connectivity index (χ2n) is 16.1. The largest absolute Gasteiger partial charge is 0.393 e. The molecule has 0 heterocycles. The number of aliphatic hydroxyl groups excluding tert-OH is 1. The molecule has 3 nitrogen and oxygen atoms in total. The van der Waals surface area contributed by atoms with E-state index in [1.807, 2.05) is 0 Å². The first-order valence-corrected chi connectivity index (χ1v) is 13.6. The van der Waals surface area contributed by atoms with Gasteiger partial charge >= 0.3 is 0 Å². The van der Waals surface area contributed by atoms with Gasteiger partial charge in [0.1, 0.15) is 0 Å². The molecule has 1 aliphatic carbocycles. The molecule has 3 heteroatoms. The number of rotatable bonds is 7. The third-order valence-corrected chi connectivity index (χ3v) is 9.14. The van der Waals surface area contributed by atoms with Gasteiger partial charge in [-0.15, -0.1) is 0 Å². The van der Waals surface area contributed by atoms with Crippen molar-refractivity contribution in [1.82, 2.24) is 0 Å². The van der Waals surface area contributed by atoms with E-state index in [-0.39, 0.29) is 45.6 Å². The van der Waals surface area contributed by atoms with E-state index in [9.17, 15) is 10.0 Å². The molecular formula is C30H59NO2. The SMILES string of the molecule is CC(CC1CC(C(C)(C)C)C(N=O)C(C(C)(C)C)C1)CC(C(O)C(C)C(C)(C)C)C(C)(C)C. The van der Waals surface area contributed by atoms with Crippen LogP contribution < -0.4 is 0 Å². The van der Waals surface area contributed by atoms with Crippen LogP contribution in [0.5, 0.6) is 0 Å². The fraction of sp³-hybridized carbons (Fsp3) is 1.00. The molecule has 1 saturated carbocycles. The van der Waals surface area contributed by atoms with Crippen molar-refractivity contribution in [2.24, 2.45) is 62.3 Å². The Morgan fingerprint density at radius 2 is 1.21 bits per heavy atom. The summed E-state index contributed by atoms with van der Waals surface area (Å²) in [6, 6.07) is -0.0895. The zero-order chi connectivity index (χ0) is 26.2. The van der Waals surface area contributed by atoms with E-state index in [2.05, 4.69) is 102 Å². The minimum absolute atomic E-state index is 0.0637. The highest BCUT2D eigenvalue weighted by atomic mass is 16.3. The van der Waals surface area contributed by atoms with Crippen molar-refractivity contribution < 1.29 is 5.11 Å². The Hall–Kier alpha value is -0.440. The van der Waals surface area contributed by atoms with Crippen molar-refractivity contribution in [3.05, 3.63) is 4.91 Å². The molecule has 0 aromatic carbocycles. The molecule has 6 unspecified atom stereocenters. The highest BCUT2D eigenvalue weighted by Gasteiger charge is 2.48. The molecule has 0 aliphatic heterocycles. The second-order valence-corrected chi connectivity index (χ2v) is 16.1. The maximum absolute atomic E-state index is 12.0. The Balaban J connectivity index is 3.09. The molecule has 33 heavy (non-hydrogen) atoms. The lowest BCUT2D eigenvalue weighted by atomic mass is 9.56. The summed E-state index contributed by atoms with van der Waals surface area (Å²) in [6.07, 6.45) is 4.12. The van der Waals surface area contributed by atoms with Gasteiger partial charge < -0.3 is 5.11 Å². The van der Waals surface area contributed by atoms with Crippen LogP contribution in [0.15, 0.2) is 5.18 Å². The third-order valence-electron chi connectivity index (χ3n) is 9.14. The lowest BCUT2D eigenvalue weighted by molar-refractivity contribution is -0.0413. The van der Waals surface area contributed by atoms with E-state index in [4.69, 9.17) is 0 Å². The normalized spacial score (nSPS) is 29.3. The Kier molecular flexibility index (Phi) is 9.89. The van der Waals surface area contributed by atoms with Crippen LogP contribution in [0, 0.1) is 62.1 Å². The highest BCUT2D eigenvalue weighted by Crippen LogP contribution is 2.51. The van der Waals surface area contributed by atoms with Gasteiger partial charge in [0.25, 0.3) is 0 Å². The number of hydrogen-bond acceptors (Lipinski definition) is 3. The van der Waals surface area contributed by atoms with Gasteiger partial charge in [-0.25, -0.2) is 0 Å². The van der Waals surface area contributed by atoms with Gasteiger partial charge in [-0.3, -0.25) is 0 Å². The van der Waals surface area contributed by atoms with Crippen LogP contribution >= 0.6 is 0 Å². The van der Waals surface area contributed by atoms with Crippen LogP contribution in [0.3, 0.4) is 0 Å². The molecule has 0 aromatic rings.